The van der Waals surface area contributed by atoms with E-state index in [-0.39, 0.29) is 9.13 Å². The van der Waals surface area contributed by atoms with Gasteiger partial charge in [-0.15, -0.1) is 0 Å². The number of rotatable bonds is 1. The van der Waals surface area contributed by atoms with E-state index in [9.17, 15) is 22.8 Å². The van der Waals surface area contributed by atoms with Crippen molar-refractivity contribution in [3.63, 3.8) is 0 Å². The van der Waals surface area contributed by atoms with Crippen LogP contribution in [-0.4, -0.2) is 18.1 Å². The van der Waals surface area contributed by atoms with Gasteiger partial charge in [0, 0.05) is 0 Å². The summed E-state index contributed by atoms with van der Waals surface area (Å²) in [7, 11) is 0. The molecule has 1 aromatic rings. The van der Waals surface area contributed by atoms with E-state index < -0.39 is 38.8 Å². The fourth-order valence-corrected chi connectivity index (χ4v) is 4.23. The van der Waals surface area contributed by atoms with Gasteiger partial charge in [-0.3, -0.25) is 0 Å². The third kappa shape index (κ3) is 2.35. The molecule has 0 N–H and O–H groups in total. The second-order valence-corrected chi connectivity index (χ2v) is 6.21. The zero-order valence-electron chi connectivity index (χ0n) is 7.95. The van der Waals surface area contributed by atoms with Crippen molar-refractivity contribution in [2.45, 2.75) is 6.18 Å². The summed E-state index contributed by atoms with van der Waals surface area (Å²) in [5.41, 5.74) is 0.160. The number of alkyl halides is 3. The maximum atomic E-state index is 12.0. The first-order chi connectivity index (χ1) is 7.89. The monoisotopic (exact) mass is 360 g/mol. The van der Waals surface area contributed by atoms with Crippen LogP contribution in [-0.2, 0) is 10.9 Å². The zero-order chi connectivity index (χ0) is 12.6. The first-order valence-corrected chi connectivity index (χ1v) is 7.05. The summed E-state index contributed by atoms with van der Waals surface area (Å²) in [4.78, 5) is 21.9. The minimum absolute atomic E-state index is 0.160. The molecule has 0 fully saturated rings. The topological polar surface area (TPSA) is 52.6 Å². The molecule has 0 radical (unpaired) electrons. The van der Waals surface area contributed by atoms with Gasteiger partial charge in [0.15, 0.2) is 0 Å². The SMILES string of the molecule is O=C1OI(OC(=O)C(F)(F)F)c2ccccc21. The van der Waals surface area contributed by atoms with E-state index >= 15 is 0 Å². The van der Waals surface area contributed by atoms with E-state index in [4.69, 9.17) is 0 Å². The molecule has 0 amide bonds. The molecule has 1 aliphatic rings. The molecule has 0 aliphatic carbocycles. The van der Waals surface area contributed by atoms with E-state index in [0.717, 1.165) is 0 Å². The Morgan fingerprint density at radius 3 is 2.59 bits per heavy atom. The van der Waals surface area contributed by atoms with Gasteiger partial charge in [0.25, 0.3) is 0 Å². The van der Waals surface area contributed by atoms with Crippen molar-refractivity contribution in [1.82, 2.24) is 0 Å². The van der Waals surface area contributed by atoms with Crippen molar-refractivity contribution in [1.29, 1.82) is 0 Å². The van der Waals surface area contributed by atoms with Crippen LogP contribution in [0.25, 0.3) is 0 Å². The van der Waals surface area contributed by atoms with Gasteiger partial charge in [-0.05, 0) is 0 Å². The molecule has 0 spiro atoms. The number of hydrogen-bond donors (Lipinski definition) is 0. The average Bonchev–Trinajstić information content (AvgIpc) is 2.56. The third-order valence-electron chi connectivity index (χ3n) is 1.77. The Morgan fingerprint density at radius 2 is 1.94 bits per heavy atom. The Labute approximate surface area is 101 Å². The summed E-state index contributed by atoms with van der Waals surface area (Å²) < 4.78 is 45.1. The Morgan fingerprint density at radius 1 is 1.29 bits per heavy atom. The van der Waals surface area contributed by atoms with Crippen LogP contribution < -0.4 is 0 Å². The van der Waals surface area contributed by atoms with Crippen LogP contribution in [0.5, 0.6) is 0 Å². The molecule has 4 nitrogen and oxygen atoms in total. The number of carbonyl (C=O) groups excluding carboxylic acids is 2. The first kappa shape index (κ1) is 12.1. The molecule has 8 heteroatoms. The normalized spacial score (nSPS) is 16.4. The molecule has 1 heterocycles. The van der Waals surface area contributed by atoms with Crippen molar-refractivity contribution >= 4 is 32.6 Å². The second-order valence-electron chi connectivity index (χ2n) is 2.92. The summed E-state index contributed by atoms with van der Waals surface area (Å²) in [6.45, 7) is 0. The third-order valence-corrected chi connectivity index (χ3v) is 5.26. The van der Waals surface area contributed by atoms with Crippen LogP contribution in [0.2, 0.25) is 0 Å². The Kier molecular flexibility index (Phi) is 2.98. The van der Waals surface area contributed by atoms with Gasteiger partial charge < -0.3 is 0 Å². The van der Waals surface area contributed by atoms with E-state index in [1.54, 1.807) is 6.07 Å². The van der Waals surface area contributed by atoms with Crippen LogP contribution >= 0.6 is 20.6 Å². The fraction of sp³-hybridized carbons (Fsp3) is 0.111. The van der Waals surface area contributed by atoms with Gasteiger partial charge in [0.1, 0.15) is 0 Å². The van der Waals surface area contributed by atoms with Gasteiger partial charge in [-0.25, -0.2) is 0 Å². The molecule has 92 valence electrons. The number of halogens is 4. The minimum atomic E-state index is -5.08. The fourth-order valence-electron chi connectivity index (χ4n) is 1.07. The number of fused-ring (bicyclic) bond motifs is 1. The summed E-state index contributed by atoms with van der Waals surface area (Å²) in [6, 6.07) is 5.92. The molecule has 2 rings (SSSR count). The molecule has 0 aromatic heterocycles. The van der Waals surface area contributed by atoms with Crippen molar-refractivity contribution < 1.29 is 28.9 Å². The predicted molar refractivity (Wildman–Crippen MR) is 56.7 cm³/mol. The Balaban J connectivity index is 2.21. The summed E-state index contributed by atoms with van der Waals surface area (Å²) in [6.07, 6.45) is -5.08. The van der Waals surface area contributed by atoms with Crippen molar-refractivity contribution in [2.24, 2.45) is 0 Å². The Bertz CT molecular complexity index is 485. The molecule has 0 unspecified atom stereocenters. The van der Waals surface area contributed by atoms with E-state index in [2.05, 4.69) is 6.13 Å². The number of hydrogen-bond acceptors (Lipinski definition) is 4. The summed E-state index contributed by atoms with van der Waals surface area (Å²) in [5.74, 6) is -3.08. The van der Waals surface area contributed by atoms with Crippen LogP contribution in [0, 0.1) is 3.57 Å². The molecule has 0 saturated heterocycles. The van der Waals surface area contributed by atoms with Gasteiger partial charge in [0.05, 0.1) is 0 Å². The summed E-state index contributed by atoms with van der Waals surface area (Å²) in [5, 5.41) is 0. The maximum absolute atomic E-state index is 12.0. The van der Waals surface area contributed by atoms with Gasteiger partial charge in [-0.2, -0.15) is 0 Å². The molecule has 1 aliphatic heterocycles. The van der Waals surface area contributed by atoms with Crippen LogP contribution in [0.15, 0.2) is 24.3 Å². The molecular formula is C9H4F3IO4. The average molecular weight is 360 g/mol. The molecule has 0 saturated carbocycles. The van der Waals surface area contributed by atoms with Crippen molar-refractivity contribution in [2.75, 3.05) is 0 Å². The van der Waals surface area contributed by atoms with E-state index in [0.29, 0.717) is 0 Å². The van der Waals surface area contributed by atoms with Crippen molar-refractivity contribution in [3.05, 3.63) is 33.4 Å². The molecule has 1 aromatic carbocycles. The van der Waals surface area contributed by atoms with Crippen LogP contribution in [0.4, 0.5) is 13.2 Å². The molecule has 0 bridgehead atoms. The second kappa shape index (κ2) is 4.17. The van der Waals surface area contributed by atoms with Crippen LogP contribution in [0.3, 0.4) is 0 Å². The zero-order valence-corrected chi connectivity index (χ0v) is 10.1. The number of carbonyl (C=O) groups is 2. The van der Waals surface area contributed by atoms with Gasteiger partial charge in [-0.1, -0.05) is 0 Å². The quantitative estimate of drug-likeness (QED) is 0.723. The predicted octanol–water partition coefficient (Wildman–Crippen LogP) is 2.47. The van der Waals surface area contributed by atoms with E-state index in [1.807, 2.05) is 0 Å². The molecule has 17 heavy (non-hydrogen) atoms. The first-order valence-electron chi connectivity index (χ1n) is 4.21. The number of benzene rings is 1. The summed E-state index contributed by atoms with van der Waals surface area (Å²) >= 11 is -3.30. The van der Waals surface area contributed by atoms with Gasteiger partial charge in [0.2, 0.25) is 0 Å². The van der Waals surface area contributed by atoms with Gasteiger partial charge >= 0.3 is 101 Å². The standard InChI is InChI=1S/C9H4F3IO4/c10-9(11,12)8(15)17-13-6-4-2-1-3-5(6)7(14)16-13/h1-4H. The molecule has 0 atom stereocenters. The molecular weight excluding hydrogens is 356 g/mol. The van der Waals surface area contributed by atoms with Crippen molar-refractivity contribution in [3.8, 4) is 0 Å². The Hall–Kier alpha value is -1.32. The van der Waals surface area contributed by atoms with Crippen LogP contribution in [0.1, 0.15) is 10.4 Å². The van der Waals surface area contributed by atoms with E-state index in [1.165, 1.54) is 18.2 Å².